The number of hydrogen-bond donors (Lipinski definition) is 1. The Labute approximate surface area is 145 Å². The molecule has 0 aliphatic carbocycles. The Hall–Kier alpha value is -2.41. The molecule has 2 aromatic rings. The Kier molecular flexibility index (Phi) is 5.56. The van der Waals surface area contributed by atoms with E-state index < -0.39 is 5.97 Å². The first-order chi connectivity index (χ1) is 11.3. The molecule has 0 atom stereocenters. The molecule has 0 fully saturated rings. The van der Waals surface area contributed by atoms with Gasteiger partial charge in [0.15, 0.2) is 0 Å². The molecule has 1 aromatic carbocycles. The van der Waals surface area contributed by atoms with Gasteiger partial charge in [0, 0.05) is 17.1 Å². The number of rotatable bonds is 5. The molecular formula is C17H20N3O3S-. The molecule has 0 aliphatic rings. The molecule has 6 nitrogen and oxygen atoms in total. The number of benzene rings is 1. The Morgan fingerprint density at radius 1 is 1.29 bits per heavy atom. The number of nitrogens with zero attached hydrogens (tertiary/aromatic N) is 2. The fourth-order valence-electron chi connectivity index (χ4n) is 2.30. The van der Waals surface area contributed by atoms with Crippen LogP contribution < -0.4 is 10.4 Å². The highest BCUT2D eigenvalue weighted by atomic mass is 32.1. The number of nitrogens with one attached hydrogen (secondary N) is 1. The van der Waals surface area contributed by atoms with Gasteiger partial charge in [0.05, 0.1) is 18.2 Å². The first-order valence-corrected chi connectivity index (χ1v) is 8.47. The molecule has 0 saturated carbocycles. The Morgan fingerprint density at radius 3 is 2.42 bits per heavy atom. The molecular weight excluding hydrogens is 326 g/mol. The van der Waals surface area contributed by atoms with Gasteiger partial charge >= 0.3 is 6.03 Å². The van der Waals surface area contributed by atoms with Crippen LogP contribution in [0.2, 0.25) is 0 Å². The van der Waals surface area contributed by atoms with Crippen LogP contribution in [0.15, 0.2) is 23.6 Å². The van der Waals surface area contributed by atoms with Crippen LogP contribution in [0.5, 0.6) is 0 Å². The number of amides is 2. The predicted octanol–water partition coefficient (Wildman–Crippen LogP) is 2.57. The van der Waals surface area contributed by atoms with Gasteiger partial charge in [-0.1, -0.05) is 18.2 Å². The van der Waals surface area contributed by atoms with E-state index in [0.717, 1.165) is 16.8 Å². The van der Waals surface area contributed by atoms with Crippen LogP contribution in [0, 0.1) is 13.8 Å². The molecule has 2 amide bonds. The number of aromatic carboxylic acids is 1. The lowest BCUT2D eigenvalue weighted by molar-refractivity contribution is -0.255. The maximum absolute atomic E-state index is 12.7. The van der Waals surface area contributed by atoms with Crippen LogP contribution in [0.4, 0.5) is 10.5 Å². The van der Waals surface area contributed by atoms with Gasteiger partial charge in [0.1, 0.15) is 5.01 Å². The van der Waals surface area contributed by atoms with Crippen molar-refractivity contribution in [1.29, 1.82) is 0 Å². The number of carboxylic acids is 1. The zero-order chi connectivity index (χ0) is 17.9. The SMILES string of the molecule is Cc1cccc(C)c1NC(=O)N(Cc1nc(C(=O)[O-])cs1)C(C)C. The predicted molar refractivity (Wildman–Crippen MR) is 92.1 cm³/mol. The minimum atomic E-state index is -1.31. The number of aromatic nitrogens is 1. The summed E-state index contributed by atoms with van der Waals surface area (Å²) in [5.41, 5.74) is 2.66. The molecule has 1 aromatic heterocycles. The average molecular weight is 346 g/mol. The fourth-order valence-corrected chi connectivity index (χ4v) is 3.06. The van der Waals surface area contributed by atoms with E-state index in [9.17, 15) is 14.7 Å². The zero-order valence-electron chi connectivity index (χ0n) is 14.1. The van der Waals surface area contributed by atoms with Gasteiger partial charge in [0.25, 0.3) is 0 Å². The van der Waals surface area contributed by atoms with Crippen molar-refractivity contribution in [1.82, 2.24) is 9.88 Å². The number of anilines is 1. The number of urea groups is 1. The highest BCUT2D eigenvalue weighted by Crippen LogP contribution is 2.21. The number of aryl methyl sites for hydroxylation is 2. The maximum atomic E-state index is 12.7. The van der Waals surface area contributed by atoms with Crippen molar-refractivity contribution < 1.29 is 14.7 Å². The summed E-state index contributed by atoms with van der Waals surface area (Å²) in [6.45, 7) is 7.92. The first kappa shape index (κ1) is 17.9. The van der Waals surface area contributed by atoms with Crippen LogP contribution in [-0.2, 0) is 6.54 Å². The van der Waals surface area contributed by atoms with E-state index in [1.807, 2.05) is 45.9 Å². The molecule has 0 saturated heterocycles. The van der Waals surface area contributed by atoms with Crippen molar-refractivity contribution in [2.24, 2.45) is 0 Å². The molecule has 0 unspecified atom stereocenters. The van der Waals surface area contributed by atoms with Crippen molar-refractivity contribution >= 4 is 29.0 Å². The number of hydrogen-bond acceptors (Lipinski definition) is 5. The normalized spacial score (nSPS) is 10.7. The minimum absolute atomic E-state index is 0.0652. The van der Waals surface area contributed by atoms with E-state index in [2.05, 4.69) is 10.3 Å². The van der Waals surface area contributed by atoms with Crippen molar-refractivity contribution in [2.45, 2.75) is 40.3 Å². The topological polar surface area (TPSA) is 85.4 Å². The molecule has 0 spiro atoms. The van der Waals surface area contributed by atoms with E-state index >= 15 is 0 Å². The third kappa shape index (κ3) is 4.11. The summed E-state index contributed by atoms with van der Waals surface area (Å²) < 4.78 is 0. The van der Waals surface area contributed by atoms with Gasteiger partial charge in [-0.05, 0) is 38.8 Å². The lowest BCUT2D eigenvalue weighted by Gasteiger charge is -2.27. The first-order valence-electron chi connectivity index (χ1n) is 7.59. The molecule has 7 heteroatoms. The number of carboxylic acid groups (broad SMARTS) is 1. The molecule has 0 aliphatic heterocycles. The van der Waals surface area contributed by atoms with Crippen LogP contribution in [0.25, 0.3) is 0 Å². The van der Waals surface area contributed by atoms with Gasteiger partial charge in [-0.3, -0.25) is 0 Å². The molecule has 1 heterocycles. The Morgan fingerprint density at radius 2 is 1.92 bits per heavy atom. The van der Waals surface area contributed by atoms with Crippen molar-refractivity contribution in [3.63, 3.8) is 0 Å². The van der Waals surface area contributed by atoms with Gasteiger partial charge in [-0.2, -0.15) is 0 Å². The number of para-hydroxylation sites is 1. The van der Waals surface area contributed by atoms with E-state index in [4.69, 9.17) is 0 Å². The molecule has 24 heavy (non-hydrogen) atoms. The van der Waals surface area contributed by atoms with E-state index in [1.54, 1.807) is 4.90 Å². The third-order valence-electron chi connectivity index (χ3n) is 3.66. The Balaban J connectivity index is 2.17. The summed E-state index contributed by atoms with van der Waals surface area (Å²) >= 11 is 1.20. The third-order valence-corrected chi connectivity index (χ3v) is 4.50. The lowest BCUT2D eigenvalue weighted by Crippen LogP contribution is -2.39. The second-order valence-corrected chi connectivity index (χ2v) is 6.78. The second-order valence-electron chi connectivity index (χ2n) is 5.83. The number of carbonyl (C=O) groups excluding carboxylic acids is 2. The van der Waals surface area contributed by atoms with Crippen molar-refractivity contribution in [2.75, 3.05) is 5.32 Å². The van der Waals surface area contributed by atoms with Gasteiger partial charge in [-0.25, -0.2) is 9.78 Å². The van der Waals surface area contributed by atoms with Crippen LogP contribution in [-0.4, -0.2) is 27.9 Å². The van der Waals surface area contributed by atoms with Crippen LogP contribution in [0.3, 0.4) is 0 Å². The zero-order valence-corrected chi connectivity index (χ0v) is 14.9. The maximum Gasteiger partial charge on any atom is 0.322 e. The monoisotopic (exact) mass is 346 g/mol. The Bertz CT molecular complexity index is 735. The van der Waals surface area contributed by atoms with Crippen molar-refractivity contribution in [3.05, 3.63) is 45.4 Å². The highest BCUT2D eigenvalue weighted by molar-refractivity contribution is 7.09. The second kappa shape index (κ2) is 7.44. The van der Waals surface area contributed by atoms with E-state index in [0.29, 0.717) is 5.01 Å². The molecule has 0 bridgehead atoms. The quantitative estimate of drug-likeness (QED) is 0.901. The fraction of sp³-hybridized carbons (Fsp3) is 0.353. The van der Waals surface area contributed by atoms with Gasteiger partial charge in [0.2, 0.25) is 0 Å². The summed E-state index contributed by atoms with van der Waals surface area (Å²) in [7, 11) is 0. The number of carbonyl (C=O) groups is 2. The van der Waals surface area contributed by atoms with E-state index in [1.165, 1.54) is 16.7 Å². The largest absolute Gasteiger partial charge is 0.543 e. The average Bonchev–Trinajstić information content (AvgIpc) is 2.97. The van der Waals surface area contributed by atoms with Crippen molar-refractivity contribution in [3.8, 4) is 0 Å². The summed E-state index contributed by atoms with van der Waals surface area (Å²) in [6, 6.07) is 5.51. The minimum Gasteiger partial charge on any atom is -0.543 e. The summed E-state index contributed by atoms with van der Waals surface area (Å²) in [4.78, 5) is 29.1. The molecule has 2 rings (SSSR count). The summed E-state index contributed by atoms with van der Waals surface area (Å²) in [6.07, 6.45) is 0. The van der Waals surface area contributed by atoms with E-state index in [-0.39, 0.29) is 24.3 Å². The molecule has 1 N–H and O–H groups in total. The number of thiazole rings is 1. The standard InChI is InChI=1S/C17H21N3O3S/c1-10(2)20(8-14-18-13(9-24-14)16(21)22)17(23)19-15-11(3)6-5-7-12(15)4/h5-7,9-10H,8H2,1-4H3,(H,19,23)(H,21,22)/p-1. The highest BCUT2D eigenvalue weighted by Gasteiger charge is 2.20. The smallest absolute Gasteiger partial charge is 0.322 e. The summed E-state index contributed by atoms with van der Waals surface area (Å²) in [5.74, 6) is -1.31. The van der Waals surface area contributed by atoms with Crippen LogP contribution >= 0.6 is 11.3 Å². The lowest BCUT2D eigenvalue weighted by atomic mass is 10.1. The van der Waals surface area contributed by atoms with Gasteiger partial charge < -0.3 is 20.1 Å². The van der Waals surface area contributed by atoms with Gasteiger partial charge in [-0.15, -0.1) is 11.3 Å². The molecule has 0 radical (unpaired) electrons. The van der Waals surface area contributed by atoms with Crippen LogP contribution in [0.1, 0.15) is 40.5 Å². The molecule has 128 valence electrons. The summed E-state index contributed by atoms with van der Waals surface area (Å²) in [5, 5.41) is 15.7.